The fraction of sp³-hybridized carbons (Fsp3) is 0.581. The Labute approximate surface area is 231 Å². The summed E-state index contributed by atoms with van der Waals surface area (Å²) in [5.41, 5.74) is 0.378. The van der Waals surface area contributed by atoms with Crippen LogP contribution in [-0.2, 0) is 19.1 Å². The lowest BCUT2D eigenvalue weighted by Crippen LogP contribution is -2.59. The Morgan fingerprint density at radius 2 is 1.74 bits per heavy atom. The Hall–Kier alpha value is -2.97. The Morgan fingerprint density at radius 3 is 2.41 bits per heavy atom. The Kier molecular flexibility index (Phi) is 7.00. The summed E-state index contributed by atoms with van der Waals surface area (Å²) in [5.74, 6) is -2.46. The fourth-order valence-electron chi connectivity index (χ4n) is 7.19. The van der Waals surface area contributed by atoms with Gasteiger partial charge in [-0.1, -0.05) is 57.2 Å². The molecule has 4 aliphatic heterocycles. The number of hydrogen-bond acceptors (Lipinski definition) is 5. The molecule has 2 saturated heterocycles. The van der Waals surface area contributed by atoms with Gasteiger partial charge in [-0.2, -0.15) is 0 Å². The number of carbonyl (C=O) groups is 3. The molecule has 3 amide bonds. The van der Waals surface area contributed by atoms with Gasteiger partial charge in [-0.05, 0) is 50.3 Å². The van der Waals surface area contributed by atoms with E-state index in [0.717, 1.165) is 23.2 Å². The van der Waals surface area contributed by atoms with Crippen LogP contribution in [0, 0.1) is 31.6 Å². The first kappa shape index (κ1) is 27.6. The van der Waals surface area contributed by atoms with Crippen molar-refractivity contribution in [3.8, 4) is 0 Å². The molecule has 8 nitrogen and oxygen atoms in total. The van der Waals surface area contributed by atoms with Crippen LogP contribution in [0.4, 0.5) is 5.69 Å². The van der Waals surface area contributed by atoms with E-state index in [2.05, 4.69) is 0 Å². The average molecular weight is 536 g/mol. The van der Waals surface area contributed by atoms with E-state index < -0.39 is 35.1 Å². The Bertz CT molecular complexity index is 1240. The second-order valence-electron chi connectivity index (χ2n) is 12.1. The predicted molar refractivity (Wildman–Crippen MR) is 149 cm³/mol. The summed E-state index contributed by atoms with van der Waals surface area (Å²) in [6, 6.07) is 4.37. The summed E-state index contributed by atoms with van der Waals surface area (Å²) in [6.45, 7) is 12.8. The summed E-state index contributed by atoms with van der Waals surface area (Å²) < 4.78 is 6.90. The number of hydrogen-bond donors (Lipinski definition) is 1. The van der Waals surface area contributed by atoms with Gasteiger partial charge in [0.25, 0.3) is 5.91 Å². The van der Waals surface area contributed by atoms with E-state index in [1.165, 1.54) is 0 Å². The lowest BCUT2D eigenvalue weighted by molar-refractivity contribution is -0.152. The highest BCUT2D eigenvalue weighted by Gasteiger charge is 2.75. The molecular weight excluding hydrogens is 494 g/mol. The zero-order valence-corrected chi connectivity index (χ0v) is 23.9. The number of aliphatic hydroxyl groups is 1. The molecule has 4 heterocycles. The maximum atomic E-state index is 14.7. The van der Waals surface area contributed by atoms with E-state index in [1.807, 2.05) is 84.0 Å². The number of nitrogens with zero attached hydrogens (tertiary/aromatic N) is 3. The molecule has 0 saturated carbocycles. The van der Waals surface area contributed by atoms with Gasteiger partial charge >= 0.3 is 0 Å². The van der Waals surface area contributed by atoms with Crippen molar-refractivity contribution in [2.75, 3.05) is 31.1 Å². The fourth-order valence-corrected chi connectivity index (χ4v) is 7.19. The normalized spacial score (nSPS) is 32.9. The van der Waals surface area contributed by atoms with Gasteiger partial charge in [0.2, 0.25) is 11.8 Å². The van der Waals surface area contributed by atoms with Crippen molar-refractivity contribution >= 4 is 23.4 Å². The molecule has 0 bridgehead atoms. The summed E-state index contributed by atoms with van der Waals surface area (Å²) in [4.78, 5) is 48.3. The highest BCUT2D eigenvalue weighted by atomic mass is 16.5. The minimum absolute atomic E-state index is 0.114. The molecule has 0 aromatic heterocycles. The van der Waals surface area contributed by atoms with Gasteiger partial charge in [0.15, 0.2) is 0 Å². The first-order valence-electron chi connectivity index (χ1n) is 14.2. The highest BCUT2D eigenvalue weighted by Crippen LogP contribution is 2.58. The molecule has 210 valence electrons. The zero-order valence-electron chi connectivity index (χ0n) is 23.9. The van der Waals surface area contributed by atoms with Crippen LogP contribution in [0.25, 0.3) is 0 Å². The number of benzene rings is 1. The second-order valence-corrected chi connectivity index (χ2v) is 12.1. The number of carbonyl (C=O) groups excluding carboxylic acids is 3. The number of aliphatic hydroxyl groups excluding tert-OH is 1. The first-order chi connectivity index (χ1) is 18.5. The number of fused-ring (bicyclic) bond motifs is 2. The number of aryl methyl sites for hydroxylation is 2. The van der Waals surface area contributed by atoms with Crippen molar-refractivity contribution in [3.63, 3.8) is 0 Å². The van der Waals surface area contributed by atoms with Gasteiger partial charge < -0.3 is 24.5 Å². The second kappa shape index (κ2) is 9.89. The molecule has 6 atom stereocenters. The molecule has 1 aromatic carbocycles. The van der Waals surface area contributed by atoms with Crippen LogP contribution in [0.1, 0.15) is 45.2 Å². The molecule has 1 N–H and O–H groups in total. The number of ether oxygens (including phenoxy) is 1. The molecule has 4 aliphatic rings. The van der Waals surface area contributed by atoms with Gasteiger partial charge in [0, 0.05) is 25.3 Å². The molecule has 0 radical (unpaired) electrons. The van der Waals surface area contributed by atoms with Crippen LogP contribution in [-0.4, -0.2) is 82.2 Å². The van der Waals surface area contributed by atoms with Gasteiger partial charge in [0.05, 0.1) is 30.1 Å². The topological polar surface area (TPSA) is 90.4 Å². The van der Waals surface area contributed by atoms with Crippen LogP contribution >= 0.6 is 0 Å². The largest absolute Gasteiger partial charge is 0.394 e. The quantitative estimate of drug-likeness (QED) is 0.566. The number of likely N-dealkylation sites (tertiary alicyclic amines) is 1. The van der Waals surface area contributed by atoms with E-state index in [1.54, 1.807) is 14.7 Å². The molecule has 39 heavy (non-hydrogen) atoms. The van der Waals surface area contributed by atoms with E-state index >= 15 is 0 Å². The van der Waals surface area contributed by atoms with Gasteiger partial charge in [-0.15, -0.1) is 0 Å². The van der Waals surface area contributed by atoms with Crippen LogP contribution in [0.3, 0.4) is 0 Å². The maximum absolute atomic E-state index is 14.7. The van der Waals surface area contributed by atoms with Crippen LogP contribution in [0.5, 0.6) is 0 Å². The monoisotopic (exact) mass is 535 g/mol. The Balaban J connectivity index is 1.70. The molecular formula is C31H41N3O5. The zero-order chi connectivity index (χ0) is 28.3. The SMILES string of the molecule is CCCN1CC=C[C@@]2(C)O[C@]34C=CCN(c5cc(C)ccc5C)C(=O)C3N([C@@H](CO)C(C)C)C(=O)[C@@H]4[C@H]2C1=O. The molecule has 2 fully saturated rings. The van der Waals surface area contributed by atoms with Crippen molar-refractivity contribution < 1.29 is 24.2 Å². The van der Waals surface area contributed by atoms with Crippen molar-refractivity contribution in [1.82, 2.24) is 9.80 Å². The summed E-state index contributed by atoms with van der Waals surface area (Å²) >= 11 is 0. The molecule has 1 spiro atoms. The third-order valence-corrected chi connectivity index (χ3v) is 9.04. The highest BCUT2D eigenvalue weighted by molar-refractivity contribution is 6.06. The summed E-state index contributed by atoms with van der Waals surface area (Å²) in [6.07, 6.45) is 8.41. The standard InChI is InChI=1S/C31H41N3O5/c1-7-14-32-15-8-12-30(6)24(27(32)36)25-28(37)34(23(18-35)19(2)3)26-29(38)33(16-9-13-31(25,26)39-30)22-17-20(4)10-11-21(22)5/h8-13,17,19,23-26,35H,7,14-16,18H2,1-6H3/t23-,24-,25-,26?,30+,31-/m0/s1. The third-order valence-electron chi connectivity index (χ3n) is 9.04. The summed E-state index contributed by atoms with van der Waals surface area (Å²) in [5, 5.41) is 10.5. The van der Waals surface area contributed by atoms with Crippen molar-refractivity contribution in [1.29, 1.82) is 0 Å². The van der Waals surface area contributed by atoms with Crippen LogP contribution in [0.15, 0.2) is 42.5 Å². The van der Waals surface area contributed by atoms with Gasteiger partial charge in [0.1, 0.15) is 11.6 Å². The molecule has 1 aromatic rings. The number of rotatable bonds is 6. The van der Waals surface area contributed by atoms with Gasteiger partial charge in [-0.25, -0.2) is 0 Å². The van der Waals surface area contributed by atoms with Crippen LogP contribution in [0.2, 0.25) is 0 Å². The van der Waals surface area contributed by atoms with Crippen molar-refractivity contribution in [3.05, 3.63) is 53.6 Å². The lowest BCUT2D eigenvalue weighted by atomic mass is 9.74. The average Bonchev–Trinajstić information content (AvgIpc) is 3.15. The minimum atomic E-state index is -1.34. The van der Waals surface area contributed by atoms with E-state index in [4.69, 9.17) is 4.74 Å². The minimum Gasteiger partial charge on any atom is -0.394 e. The predicted octanol–water partition coefficient (Wildman–Crippen LogP) is 3.00. The molecule has 5 rings (SSSR count). The lowest BCUT2D eigenvalue weighted by Gasteiger charge is -2.41. The van der Waals surface area contributed by atoms with Crippen molar-refractivity contribution in [2.24, 2.45) is 17.8 Å². The van der Waals surface area contributed by atoms with Gasteiger partial charge in [-0.3, -0.25) is 14.4 Å². The molecule has 8 heteroatoms. The number of anilines is 1. The Morgan fingerprint density at radius 1 is 1.03 bits per heavy atom. The smallest absolute Gasteiger partial charge is 0.253 e. The van der Waals surface area contributed by atoms with E-state index in [-0.39, 0.29) is 30.2 Å². The van der Waals surface area contributed by atoms with E-state index in [0.29, 0.717) is 19.6 Å². The number of amides is 3. The first-order valence-corrected chi connectivity index (χ1v) is 14.2. The molecule has 1 unspecified atom stereocenters. The van der Waals surface area contributed by atoms with Crippen molar-refractivity contribution in [2.45, 2.75) is 71.2 Å². The molecule has 0 aliphatic carbocycles. The van der Waals surface area contributed by atoms with E-state index in [9.17, 15) is 19.5 Å². The van der Waals surface area contributed by atoms with Crippen LogP contribution < -0.4 is 4.90 Å². The maximum Gasteiger partial charge on any atom is 0.253 e. The third kappa shape index (κ3) is 4.06. The summed E-state index contributed by atoms with van der Waals surface area (Å²) in [7, 11) is 0.